The fourth-order valence-corrected chi connectivity index (χ4v) is 1.77. The Bertz CT molecular complexity index is 284. The number of aliphatic carboxylic acids is 2. The quantitative estimate of drug-likeness (QED) is 0.442. The second-order valence-corrected chi connectivity index (χ2v) is 4.22. The molecule has 8 heteroatoms. The molecule has 7 nitrogen and oxygen atoms in total. The van der Waals surface area contributed by atoms with E-state index in [1.165, 1.54) is 7.05 Å². The van der Waals surface area contributed by atoms with E-state index in [9.17, 15) is 14.4 Å². The Kier molecular flexibility index (Phi) is 6.50. The first-order chi connectivity index (χ1) is 7.38. The maximum Gasteiger partial charge on any atom is 0.321 e. The van der Waals surface area contributed by atoms with Crippen LogP contribution in [0.3, 0.4) is 0 Å². The Labute approximate surface area is 96.4 Å². The molecule has 0 aliphatic carbocycles. The molecule has 0 aliphatic heterocycles. The van der Waals surface area contributed by atoms with E-state index in [0.717, 1.165) is 11.8 Å². The third kappa shape index (κ3) is 5.56. The van der Waals surface area contributed by atoms with E-state index < -0.39 is 29.1 Å². The fraction of sp³-hybridized carbons (Fsp3) is 0.625. The molecule has 0 fully saturated rings. The number of carboxylic acid groups (broad SMARTS) is 2. The standard InChI is InChI=1S/C8H14N2O5S/c1-10-6(11)2-5(8(14)15)16-3-4(9)7(12)13/h4-5H,2-3,9H2,1H3,(H,10,11)(H,12,13)(H,14,15)/t4-,5?/m0/s1. The molecule has 0 heterocycles. The summed E-state index contributed by atoms with van der Waals surface area (Å²) >= 11 is 0.844. The lowest BCUT2D eigenvalue weighted by Crippen LogP contribution is -2.35. The van der Waals surface area contributed by atoms with Crippen LogP contribution in [-0.2, 0) is 14.4 Å². The van der Waals surface area contributed by atoms with Gasteiger partial charge in [-0.3, -0.25) is 14.4 Å². The summed E-state index contributed by atoms with van der Waals surface area (Å²) in [5.41, 5.74) is 5.21. The van der Waals surface area contributed by atoms with Gasteiger partial charge in [-0.15, -0.1) is 11.8 Å². The zero-order valence-corrected chi connectivity index (χ0v) is 9.49. The number of hydrogen-bond acceptors (Lipinski definition) is 5. The normalized spacial score (nSPS) is 13.9. The first-order valence-electron chi connectivity index (χ1n) is 4.41. The Morgan fingerprint density at radius 1 is 1.31 bits per heavy atom. The van der Waals surface area contributed by atoms with Crippen LogP contribution < -0.4 is 11.1 Å². The highest BCUT2D eigenvalue weighted by Gasteiger charge is 2.23. The van der Waals surface area contributed by atoms with Gasteiger partial charge in [-0.2, -0.15) is 0 Å². The average Bonchev–Trinajstić information content (AvgIpc) is 2.22. The number of carbonyl (C=O) groups excluding carboxylic acids is 1. The lowest BCUT2D eigenvalue weighted by Gasteiger charge is -2.12. The molecule has 0 aliphatic rings. The summed E-state index contributed by atoms with van der Waals surface area (Å²) < 4.78 is 0. The largest absolute Gasteiger partial charge is 0.480 e. The molecule has 0 saturated heterocycles. The van der Waals surface area contributed by atoms with Crippen LogP contribution >= 0.6 is 11.8 Å². The maximum absolute atomic E-state index is 11.0. The van der Waals surface area contributed by atoms with Crippen molar-refractivity contribution in [1.29, 1.82) is 0 Å². The summed E-state index contributed by atoms with van der Waals surface area (Å²) in [7, 11) is 1.40. The van der Waals surface area contributed by atoms with Crippen molar-refractivity contribution in [2.75, 3.05) is 12.8 Å². The highest BCUT2D eigenvalue weighted by molar-refractivity contribution is 8.00. The van der Waals surface area contributed by atoms with Crippen molar-refractivity contribution in [2.45, 2.75) is 17.7 Å². The van der Waals surface area contributed by atoms with Gasteiger partial charge < -0.3 is 21.3 Å². The number of nitrogens with two attached hydrogens (primary N) is 1. The van der Waals surface area contributed by atoms with E-state index in [1.54, 1.807) is 0 Å². The molecule has 1 unspecified atom stereocenters. The van der Waals surface area contributed by atoms with E-state index in [-0.39, 0.29) is 12.2 Å². The molecular formula is C8H14N2O5S. The van der Waals surface area contributed by atoms with E-state index >= 15 is 0 Å². The number of amides is 1. The second-order valence-electron chi connectivity index (χ2n) is 2.98. The third-order valence-electron chi connectivity index (χ3n) is 1.72. The van der Waals surface area contributed by atoms with Crippen LogP contribution in [-0.4, -0.2) is 52.2 Å². The molecule has 0 aromatic rings. The van der Waals surface area contributed by atoms with Crippen molar-refractivity contribution in [2.24, 2.45) is 5.73 Å². The van der Waals surface area contributed by atoms with Gasteiger partial charge in [0.15, 0.2) is 0 Å². The molecule has 0 aromatic heterocycles. The van der Waals surface area contributed by atoms with Crippen LogP contribution in [0, 0.1) is 0 Å². The number of nitrogens with one attached hydrogen (secondary N) is 1. The van der Waals surface area contributed by atoms with Crippen LogP contribution in [0.25, 0.3) is 0 Å². The first-order valence-corrected chi connectivity index (χ1v) is 5.46. The molecule has 0 aromatic carbocycles. The SMILES string of the molecule is CNC(=O)CC(SC[C@H](N)C(=O)O)C(=O)O. The van der Waals surface area contributed by atoms with Gasteiger partial charge in [0.05, 0.1) is 0 Å². The van der Waals surface area contributed by atoms with Crippen molar-refractivity contribution in [1.82, 2.24) is 5.32 Å². The minimum absolute atomic E-state index is 0.0523. The van der Waals surface area contributed by atoms with Gasteiger partial charge in [0.2, 0.25) is 5.91 Å². The highest BCUT2D eigenvalue weighted by atomic mass is 32.2. The highest BCUT2D eigenvalue weighted by Crippen LogP contribution is 2.15. The number of carboxylic acids is 2. The summed E-state index contributed by atoms with van der Waals surface area (Å²) in [6.45, 7) is 0. The van der Waals surface area contributed by atoms with Gasteiger partial charge in [0.1, 0.15) is 11.3 Å². The van der Waals surface area contributed by atoms with Crippen LogP contribution in [0.4, 0.5) is 0 Å². The van der Waals surface area contributed by atoms with Crippen LogP contribution in [0.2, 0.25) is 0 Å². The molecule has 92 valence electrons. The van der Waals surface area contributed by atoms with Crippen molar-refractivity contribution in [3.8, 4) is 0 Å². The van der Waals surface area contributed by atoms with Gasteiger partial charge in [0.25, 0.3) is 0 Å². The summed E-state index contributed by atoms with van der Waals surface area (Å²) in [6.07, 6.45) is -0.206. The Hall–Kier alpha value is -1.28. The summed E-state index contributed by atoms with van der Waals surface area (Å²) in [5.74, 6) is -2.82. The monoisotopic (exact) mass is 250 g/mol. The predicted octanol–water partition coefficient (Wildman–Crippen LogP) is -1.28. The zero-order chi connectivity index (χ0) is 12.7. The molecule has 16 heavy (non-hydrogen) atoms. The number of carbonyl (C=O) groups is 3. The molecule has 5 N–H and O–H groups in total. The van der Waals surface area contributed by atoms with E-state index in [0.29, 0.717) is 0 Å². The van der Waals surface area contributed by atoms with Crippen molar-refractivity contribution >= 4 is 29.6 Å². The molecular weight excluding hydrogens is 236 g/mol. The van der Waals surface area contributed by atoms with Crippen molar-refractivity contribution in [3.63, 3.8) is 0 Å². The summed E-state index contributed by atoms with van der Waals surface area (Å²) in [6, 6.07) is -1.13. The molecule has 0 spiro atoms. The van der Waals surface area contributed by atoms with Crippen LogP contribution in [0.5, 0.6) is 0 Å². The Morgan fingerprint density at radius 3 is 2.25 bits per heavy atom. The zero-order valence-electron chi connectivity index (χ0n) is 8.67. The number of thioether (sulfide) groups is 1. The minimum Gasteiger partial charge on any atom is -0.480 e. The minimum atomic E-state index is -1.20. The van der Waals surface area contributed by atoms with Crippen LogP contribution in [0.15, 0.2) is 0 Å². The summed E-state index contributed by atoms with van der Waals surface area (Å²) in [4.78, 5) is 32.1. The molecule has 1 amide bonds. The van der Waals surface area contributed by atoms with Crippen molar-refractivity contribution in [3.05, 3.63) is 0 Å². The topological polar surface area (TPSA) is 130 Å². The van der Waals surface area contributed by atoms with Gasteiger partial charge in [-0.1, -0.05) is 0 Å². The van der Waals surface area contributed by atoms with E-state index in [2.05, 4.69) is 5.32 Å². The Morgan fingerprint density at radius 2 is 1.88 bits per heavy atom. The predicted molar refractivity (Wildman–Crippen MR) is 58.2 cm³/mol. The molecule has 0 saturated carbocycles. The van der Waals surface area contributed by atoms with E-state index in [1.807, 2.05) is 0 Å². The average molecular weight is 250 g/mol. The second kappa shape index (κ2) is 7.07. The Balaban J connectivity index is 4.19. The number of hydrogen-bond donors (Lipinski definition) is 4. The number of rotatable bonds is 7. The van der Waals surface area contributed by atoms with Gasteiger partial charge in [-0.05, 0) is 0 Å². The molecule has 0 rings (SSSR count). The lowest BCUT2D eigenvalue weighted by atomic mass is 10.3. The molecule has 2 atom stereocenters. The third-order valence-corrected chi connectivity index (χ3v) is 3.04. The van der Waals surface area contributed by atoms with Crippen molar-refractivity contribution < 1.29 is 24.6 Å². The first kappa shape index (κ1) is 14.7. The summed E-state index contributed by atoms with van der Waals surface area (Å²) in [5, 5.41) is 18.6. The maximum atomic E-state index is 11.0. The molecule has 0 radical (unpaired) electrons. The van der Waals surface area contributed by atoms with Gasteiger partial charge >= 0.3 is 11.9 Å². The van der Waals surface area contributed by atoms with Gasteiger partial charge in [-0.25, -0.2) is 0 Å². The van der Waals surface area contributed by atoms with Crippen LogP contribution in [0.1, 0.15) is 6.42 Å². The van der Waals surface area contributed by atoms with E-state index in [4.69, 9.17) is 15.9 Å². The fourth-order valence-electron chi connectivity index (χ4n) is 0.779. The molecule has 0 bridgehead atoms. The lowest BCUT2D eigenvalue weighted by molar-refractivity contribution is -0.139. The smallest absolute Gasteiger partial charge is 0.321 e. The van der Waals surface area contributed by atoms with Gasteiger partial charge in [0, 0.05) is 19.2 Å².